The molecule has 0 saturated carbocycles. The molecule has 43 heavy (non-hydrogen) atoms. The number of methoxy groups -OCH3 is 1. The molecule has 1 amide bonds. The number of thioether (sulfide) groups is 1. The molecule has 0 aliphatic carbocycles. The van der Waals surface area contributed by atoms with Gasteiger partial charge in [0.05, 0.1) is 23.7 Å². The maximum atomic E-state index is 16.0. The van der Waals surface area contributed by atoms with Gasteiger partial charge in [-0.1, -0.05) is 26.5 Å². The summed E-state index contributed by atoms with van der Waals surface area (Å²) in [5.41, 5.74) is 0.293. The largest absolute Gasteiger partial charge is 0.496 e. The molecule has 0 N–H and O–H groups in total. The van der Waals surface area contributed by atoms with Crippen LogP contribution in [-0.2, 0) is 4.79 Å². The van der Waals surface area contributed by atoms with Crippen molar-refractivity contribution in [3.8, 4) is 22.7 Å². The molecule has 12 heteroatoms. The van der Waals surface area contributed by atoms with Crippen LogP contribution in [0, 0.1) is 11.6 Å². The molecule has 4 aromatic rings. The highest BCUT2D eigenvalue weighted by Gasteiger charge is 2.31. The van der Waals surface area contributed by atoms with Crippen LogP contribution in [0.4, 0.5) is 14.6 Å². The topological polar surface area (TPSA) is 93.5 Å². The van der Waals surface area contributed by atoms with Gasteiger partial charge in [0.2, 0.25) is 5.91 Å². The van der Waals surface area contributed by atoms with Gasteiger partial charge in [0.1, 0.15) is 28.1 Å². The molecule has 0 radical (unpaired) electrons. The van der Waals surface area contributed by atoms with Crippen molar-refractivity contribution in [1.29, 1.82) is 0 Å². The van der Waals surface area contributed by atoms with Crippen molar-refractivity contribution in [3.05, 3.63) is 76.9 Å². The Hall–Kier alpha value is -4.32. The summed E-state index contributed by atoms with van der Waals surface area (Å²) in [5, 5.41) is 0.822. The molecular weight excluding hydrogens is 574 g/mol. The third-order valence-electron chi connectivity index (χ3n) is 7.58. The van der Waals surface area contributed by atoms with E-state index in [1.54, 1.807) is 11.1 Å². The van der Waals surface area contributed by atoms with Crippen molar-refractivity contribution >= 4 is 34.5 Å². The van der Waals surface area contributed by atoms with Gasteiger partial charge in [-0.25, -0.2) is 28.1 Å². The third kappa shape index (κ3) is 5.35. The number of benzene rings is 1. The van der Waals surface area contributed by atoms with E-state index in [0.717, 1.165) is 5.56 Å². The van der Waals surface area contributed by atoms with Gasteiger partial charge in [0.25, 0.3) is 0 Å². The van der Waals surface area contributed by atoms with Crippen LogP contribution in [-0.4, -0.2) is 69.4 Å². The van der Waals surface area contributed by atoms with E-state index in [0.29, 0.717) is 30.3 Å². The Morgan fingerprint density at radius 2 is 1.95 bits per heavy atom. The zero-order valence-corrected chi connectivity index (χ0v) is 25.4. The average molecular weight is 607 g/mol. The number of rotatable bonds is 7. The quantitative estimate of drug-likeness (QED) is 0.210. The van der Waals surface area contributed by atoms with Gasteiger partial charge < -0.3 is 14.5 Å². The second-order valence-corrected chi connectivity index (χ2v) is 11.3. The summed E-state index contributed by atoms with van der Waals surface area (Å²) in [7, 11) is 1.36. The van der Waals surface area contributed by atoms with Gasteiger partial charge in [0, 0.05) is 31.9 Å². The van der Waals surface area contributed by atoms with Gasteiger partial charge in [0.15, 0.2) is 11.5 Å². The second kappa shape index (κ2) is 12.1. The number of fused-ring (bicyclic) bond motifs is 1. The number of hydrogen-bond acceptors (Lipinski definition) is 8. The van der Waals surface area contributed by atoms with E-state index < -0.39 is 17.3 Å². The van der Waals surface area contributed by atoms with Gasteiger partial charge in [-0.3, -0.25) is 4.79 Å². The van der Waals surface area contributed by atoms with Crippen LogP contribution >= 0.6 is 11.8 Å². The van der Waals surface area contributed by atoms with Crippen LogP contribution < -0.4 is 15.3 Å². The van der Waals surface area contributed by atoms with Crippen molar-refractivity contribution < 1.29 is 18.3 Å². The second-order valence-electron chi connectivity index (χ2n) is 10.5. The number of anilines is 1. The van der Waals surface area contributed by atoms with E-state index in [9.17, 15) is 9.59 Å². The number of piperazine rings is 1. The van der Waals surface area contributed by atoms with Gasteiger partial charge in [-0.2, -0.15) is 4.98 Å². The van der Waals surface area contributed by atoms with Crippen molar-refractivity contribution in [2.45, 2.75) is 37.8 Å². The maximum Gasteiger partial charge on any atom is 0.355 e. The smallest absolute Gasteiger partial charge is 0.355 e. The molecule has 4 heterocycles. The zero-order valence-electron chi connectivity index (χ0n) is 24.6. The Morgan fingerprint density at radius 1 is 1.19 bits per heavy atom. The molecule has 1 aliphatic heterocycles. The molecule has 1 atom stereocenters. The number of ether oxygens (including phenoxy) is 1. The van der Waals surface area contributed by atoms with Crippen LogP contribution in [0.3, 0.4) is 0 Å². The lowest BCUT2D eigenvalue weighted by molar-refractivity contribution is -0.126. The number of carbonyl (C=O) groups is 1. The SMILES string of the molecule is C=CC(=O)N1CCN(c2nc(=O)n(-c3c(C(C)C)ccnc3SC)c3nc(-c4c(F)cccc4OC)c(F)cc23)C(C)C1. The minimum atomic E-state index is -0.808. The summed E-state index contributed by atoms with van der Waals surface area (Å²) < 4.78 is 38.0. The molecule has 1 aromatic carbocycles. The van der Waals surface area contributed by atoms with Gasteiger partial charge in [-0.15, -0.1) is 11.8 Å². The first-order valence-electron chi connectivity index (χ1n) is 13.8. The van der Waals surface area contributed by atoms with Crippen LogP contribution in [0.15, 0.2) is 59.0 Å². The lowest BCUT2D eigenvalue weighted by Crippen LogP contribution is -2.54. The fraction of sp³-hybridized carbons (Fsp3) is 0.323. The van der Waals surface area contributed by atoms with Crippen molar-refractivity contribution in [1.82, 2.24) is 24.4 Å². The first-order valence-corrected chi connectivity index (χ1v) is 15.0. The van der Waals surface area contributed by atoms with Crippen molar-refractivity contribution in [2.24, 2.45) is 0 Å². The summed E-state index contributed by atoms with van der Waals surface area (Å²) in [6, 6.07) is 6.98. The number of amides is 1. The lowest BCUT2D eigenvalue weighted by atomic mass is 10.0. The Kier molecular flexibility index (Phi) is 8.50. The van der Waals surface area contributed by atoms with E-state index in [1.807, 2.05) is 38.0 Å². The Labute approximate surface area is 252 Å². The normalized spacial score (nSPS) is 15.3. The molecule has 1 fully saturated rings. The van der Waals surface area contributed by atoms with E-state index in [1.165, 1.54) is 53.8 Å². The summed E-state index contributed by atoms with van der Waals surface area (Å²) >= 11 is 1.35. The third-order valence-corrected chi connectivity index (χ3v) is 8.27. The number of halogens is 2. The molecule has 9 nitrogen and oxygen atoms in total. The Bertz CT molecular complexity index is 1790. The van der Waals surface area contributed by atoms with E-state index in [-0.39, 0.29) is 51.7 Å². The zero-order chi connectivity index (χ0) is 31.0. The number of pyridine rings is 2. The van der Waals surface area contributed by atoms with Crippen LogP contribution in [0.5, 0.6) is 5.75 Å². The first-order chi connectivity index (χ1) is 20.6. The summed E-state index contributed by atoms with van der Waals surface area (Å²) in [4.78, 5) is 43.5. The van der Waals surface area contributed by atoms with E-state index in [2.05, 4.69) is 21.5 Å². The van der Waals surface area contributed by atoms with E-state index >= 15 is 8.78 Å². The predicted molar refractivity (Wildman–Crippen MR) is 164 cm³/mol. The summed E-state index contributed by atoms with van der Waals surface area (Å²) in [5.74, 6) is -1.41. The fourth-order valence-electron chi connectivity index (χ4n) is 5.50. The van der Waals surface area contributed by atoms with Crippen LogP contribution in [0.25, 0.3) is 28.0 Å². The number of carbonyl (C=O) groups excluding carboxylic acids is 1. The molecular formula is C31H32F2N6O3S. The molecule has 5 rings (SSSR count). The standard InChI is InChI=1S/C31H32F2N6O3S/c1-7-24(40)37-13-14-38(18(4)16-37)28-20-15-22(33)26(25-21(32)9-8-10-23(25)42-5)35-29(20)39(31(41)36-28)27-19(17(2)3)11-12-34-30(27)43-6/h7-12,15,17-18H,1,13-14,16H2,2-6H3. The first kappa shape index (κ1) is 30.1. The van der Waals surface area contributed by atoms with Crippen LogP contribution in [0.2, 0.25) is 0 Å². The fourth-order valence-corrected chi connectivity index (χ4v) is 6.06. The minimum absolute atomic E-state index is 0.00685. The summed E-state index contributed by atoms with van der Waals surface area (Å²) in [6.45, 7) is 10.5. The molecule has 1 aliphatic rings. The predicted octanol–water partition coefficient (Wildman–Crippen LogP) is 5.20. The summed E-state index contributed by atoms with van der Waals surface area (Å²) in [6.07, 6.45) is 4.78. The lowest BCUT2D eigenvalue weighted by Gasteiger charge is -2.40. The average Bonchev–Trinajstić information content (AvgIpc) is 3.00. The maximum absolute atomic E-state index is 16.0. The Balaban J connectivity index is 1.86. The Morgan fingerprint density at radius 3 is 2.60 bits per heavy atom. The molecule has 0 spiro atoms. The number of hydrogen-bond donors (Lipinski definition) is 0. The number of nitrogens with zero attached hydrogens (tertiary/aromatic N) is 6. The van der Waals surface area contributed by atoms with Gasteiger partial charge in [-0.05, 0) is 55.0 Å². The minimum Gasteiger partial charge on any atom is -0.496 e. The highest BCUT2D eigenvalue weighted by atomic mass is 32.2. The monoisotopic (exact) mass is 606 g/mol. The van der Waals surface area contributed by atoms with Crippen LogP contribution in [0.1, 0.15) is 32.3 Å². The van der Waals surface area contributed by atoms with E-state index in [4.69, 9.17) is 4.74 Å². The highest BCUT2D eigenvalue weighted by Crippen LogP contribution is 2.38. The molecule has 224 valence electrons. The molecule has 1 unspecified atom stereocenters. The van der Waals surface area contributed by atoms with Gasteiger partial charge >= 0.3 is 5.69 Å². The highest BCUT2D eigenvalue weighted by molar-refractivity contribution is 7.98. The molecule has 3 aromatic heterocycles. The molecule has 0 bridgehead atoms. The number of aromatic nitrogens is 4. The molecule has 1 saturated heterocycles. The van der Waals surface area contributed by atoms with Crippen molar-refractivity contribution in [3.63, 3.8) is 0 Å². The van der Waals surface area contributed by atoms with Crippen molar-refractivity contribution in [2.75, 3.05) is 37.9 Å².